The first-order chi connectivity index (χ1) is 9.72. The van der Waals surface area contributed by atoms with Gasteiger partial charge in [-0.3, -0.25) is 4.79 Å². The van der Waals surface area contributed by atoms with E-state index in [4.69, 9.17) is 5.73 Å². The van der Waals surface area contributed by atoms with Crippen molar-refractivity contribution in [2.75, 3.05) is 24.5 Å². The summed E-state index contributed by atoms with van der Waals surface area (Å²) in [4.78, 5) is 22.3. The average Bonchev–Trinajstić information content (AvgIpc) is 2.48. The van der Waals surface area contributed by atoms with Gasteiger partial charge in [-0.1, -0.05) is 6.92 Å². The van der Waals surface area contributed by atoms with Gasteiger partial charge in [-0.25, -0.2) is 9.97 Å². The molecule has 1 aliphatic rings. The van der Waals surface area contributed by atoms with Gasteiger partial charge < -0.3 is 16.0 Å². The maximum atomic E-state index is 11.5. The molecule has 0 aliphatic carbocycles. The van der Waals surface area contributed by atoms with Crippen LogP contribution >= 0.6 is 0 Å². The number of nitrogens with one attached hydrogen (secondary N) is 1. The highest BCUT2D eigenvalue weighted by Crippen LogP contribution is 2.18. The molecule has 2 rings (SSSR count). The summed E-state index contributed by atoms with van der Waals surface area (Å²) >= 11 is 0. The van der Waals surface area contributed by atoms with Crippen molar-refractivity contribution in [3.05, 3.63) is 18.1 Å². The van der Waals surface area contributed by atoms with E-state index in [1.807, 2.05) is 6.07 Å². The number of nitrogens with two attached hydrogens (primary N) is 1. The van der Waals surface area contributed by atoms with E-state index < -0.39 is 0 Å². The predicted octanol–water partition coefficient (Wildman–Crippen LogP) is 0.473. The summed E-state index contributed by atoms with van der Waals surface area (Å²) < 4.78 is 0. The van der Waals surface area contributed by atoms with Gasteiger partial charge >= 0.3 is 0 Å². The zero-order valence-corrected chi connectivity index (χ0v) is 12.0. The maximum absolute atomic E-state index is 11.5. The van der Waals surface area contributed by atoms with E-state index in [0.717, 1.165) is 43.9 Å². The van der Waals surface area contributed by atoms with E-state index in [9.17, 15) is 4.79 Å². The Morgan fingerprint density at radius 2 is 2.20 bits per heavy atom. The Labute approximate surface area is 119 Å². The number of piperidine rings is 1. The van der Waals surface area contributed by atoms with E-state index >= 15 is 0 Å². The van der Waals surface area contributed by atoms with Gasteiger partial charge in [0.25, 0.3) is 0 Å². The average molecular weight is 277 g/mol. The number of rotatable bonds is 5. The van der Waals surface area contributed by atoms with Crippen LogP contribution in [0, 0.1) is 0 Å². The third-order valence-corrected chi connectivity index (χ3v) is 3.63. The molecule has 1 amide bonds. The summed E-state index contributed by atoms with van der Waals surface area (Å²) in [5.74, 6) is 1.05. The van der Waals surface area contributed by atoms with Crippen LogP contribution in [0.1, 0.15) is 31.9 Å². The molecule has 0 radical (unpaired) electrons. The van der Waals surface area contributed by atoms with Crippen molar-refractivity contribution in [1.29, 1.82) is 0 Å². The van der Waals surface area contributed by atoms with Crippen LogP contribution in [0.15, 0.2) is 12.4 Å². The summed E-state index contributed by atoms with van der Waals surface area (Å²) in [6.45, 7) is 4.32. The van der Waals surface area contributed by atoms with Crippen LogP contribution < -0.4 is 16.0 Å². The maximum Gasteiger partial charge on any atom is 0.221 e. The highest BCUT2D eigenvalue weighted by atomic mass is 16.1. The zero-order valence-electron chi connectivity index (χ0n) is 12.0. The minimum atomic E-state index is 0.0567. The minimum absolute atomic E-state index is 0.0567. The molecule has 6 heteroatoms. The molecule has 0 saturated carbocycles. The highest BCUT2D eigenvalue weighted by Gasteiger charge is 2.21. The van der Waals surface area contributed by atoms with Gasteiger partial charge in [0, 0.05) is 43.9 Å². The van der Waals surface area contributed by atoms with Gasteiger partial charge in [0.2, 0.25) is 5.91 Å². The van der Waals surface area contributed by atoms with E-state index in [-0.39, 0.29) is 11.9 Å². The molecule has 2 heterocycles. The first-order valence-corrected chi connectivity index (χ1v) is 7.28. The van der Waals surface area contributed by atoms with E-state index in [2.05, 4.69) is 27.1 Å². The standard InChI is InChI=1S/C14H23N5O/c1-2-11-9-13(17-10-16-11)19-7-4-12(5-8-19)18-14(20)3-6-15/h9-10,12H,2-8,15H2,1H3,(H,18,20). The fourth-order valence-electron chi connectivity index (χ4n) is 2.44. The van der Waals surface area contributed by atoms with Crippen molar-refractivity contribution >= 4 is 11.7 Å². The fraction of sp³-hybridized carbons (Fsp3) is 0.643. The molecule has 0 atom stereocenters. The lowest BCUT2D eigenvalue weighted by atomic mass is 10.0. The first kappa shape index (κ1) is 14.7. The van der Waals surface area contributed by atoms with Crippen molar-refractivity contribution in [3.63, 3.8) is 0 Å². The Morgan fingerprint density at radius 3 is 2.85 bits per heavy atom. The van der Waals surface area contributed by atoms with Crippen LogP contribution in [-0.4, -0.2) is 41.6 Å². The van der Waals surface area contributed by atoms with Crippen molar-refractivity contribution in [2.45, 2.75) is 38.6 Å². The Bertz CT molecular complexity index is 443. The number of carbonyl (C=O) groups is 1. The molecule has 3 N–H and O–H groups in total. The summed E-state index contributed by atoms with van der Waals surface area (Å²) in [5, 5.41) is 3.04. The Morgan fingerprint density at radius 1 is 1.45 bits per heavy atom. The quantitative estimate of drug-likeness (QED) is 0.817. The van der Waals surface area contributed by atoms with Crippen molar-refractivity contribution in [2.24, 2.45) is 5.73 Å². The molecule has 1 aromatic heterocycles. The summed E-state index contributed by atoms with van der Waals surface area (Å²) in [6.07, 6.45) is 4.85. The third kappa shape index (κ3) is 3.90. The van der Waals surface area contributed by atoms with Crippen LogP contribution in [0.3, 0.4) is 0 Å². The molecule has 0 bridgehead atoms. The van der Waals surface area contributed by atoms with Gasteiger partial charge in [-0.2, -0.15) is 0 Å². The molecule has 1 aliphatic heterocycles. The van der Waals surface area contributed by atoms with Crippen molar-refractivity contribution in [3.8, 4) is 0 Å². The second kappa shape index (κ2) is 7.19. The van der Waals surface area contributed by atoms with Crippen molar-refractivity contribution in [1.82, 2.24) is 15.3 Å². The molecule has 110 valence electrons. The van der Waals surface area contributed by atoms with E-state index in [1.165, 1.54) is 0 Å². The smallest absolute Gasteiger partial charge is 0.221 e. The van der Waals surface area contributed by atoms with Crippen LogP contribution in [0.5, 0.6) is 0 Å². The van der Waals surface area contributed by atoms with E-state index in [0.29, 0.717) is 13.0 Å². The molecule has 1 fully saturated rings. The van der Waals surface area contributed by atoms with Crippen LogP contribution in [0.2, 0.25) is 0 Å². The van der Waals surface area contributed by atoms with Gasteiger partial charge in [0.15, 0.2) is 0 Å². The molecule has 0 aromatic carbocycles. The van der Waals surface area contributed by atoms with Crippen LogP contribution in [0.4, 0.5) is 5.82 Å². The molecular formula is C14H23N5O. The number of carbonyl (C=O) groups excluding carboxylic acids is 1. The molecule has 0 spiro atoms. The molecular weight excluding hydrogens is 254 g/mol. The van der Waals surface area contributed by atoms with Crippen molar-refractivity contribution < 1.29 is 4.79 Å². The monoisotopic (exact) mass is 277 g/mol. The van der Waals surface area contributed by atoms with Gasteiger partial charge in [-0.05, 0) is 19.3 Å². The van der Waals surface area contributed by atoms with E-state index in [1.54, 1.807) is 6.33 Å². The van der Waals surface area contributed by atoms with Gasteiger partial charge in [0.05, 0.1) is 0 Å². The largest absolute Gasteiger partial charge is 0.356 e. The molecule has 1 saturated heterocycles. The third-order valence-electron chi connectivity index (χ3n) is 3.63. The normalized spacial score (nSPS) is 16.2. The lowest BCUT2D eigenvalue weighted by Crippen LogP contribution is -2.45. The second-order valence-electron chi connectivity index (χ2n) is 5.09. The molecule has 6 nitrogen and oxygen atoms in total. The molecule has 20 heavy (non-hydrogen) atoms. The lowest BCUT2D eigenvalue weighted by molar-refractivity contribution is -0.121. The summed E-state index contributed by atoms with van der Waals surface area (Å²) in [7, 11) is 0. The number of nitrogens with zero attached hydrogens (tertiary/aromatic N) is 3. The number of aromatic nitrogens is 2. The zero-order chi connectivity index (χ0) is 14.4. The Hall–Kier alpha value is -1.69. The summed E-state index contributed by atoms with van der Waals surface area (Å²) in [5.41, 5.74) is 6.44. The number of anilines is 1. The van der Waals surface area contributed by atoms with Gasteiger partial charge in [-0.15, -0.1) is 0 Å². The highest BCUT2D eigenvalue weighted by molar-refractivity contribution is 5.76. The van der Waals surface area contributed by atoms with Gasteiger partial charge in [0.1, 0.15) is 12.1 Å². The minimum Gasteiger partial charge on any atom is -0.356 e. The lowest BCUT2D eigenvalue weighted by Gasteiger charge is -2.33. The number of hydrogen-bond acceptors (Lipinski definition) is 5. The number of aryl methyl sites for hydroxylation is 1. The molecule has 1 aromatic rings. The fourth-order valence-corrected chi connectivity index (χ4v) is 2.44. The Kier molecular flexibility index (Phi) is 5.29. The van der Waals surface area contributed by atoms with Crippen LogP contribution in [0.25, 0.3) is 0 Å². The first-order valence-electron chi connectivity index (χ1n) is 7.28. The van der Waals surface area contributed by atoms with Crippen LogP contribution in [-0.2, 0) is 11.2 Å². The number of hydrogen-bond donors (Lipinski definition) is 2. The SMILES string of the molecule is CCc1cc(N2CCC(NC(=O)CCN)CC2)ncn1. The Balaban J connectivity index is 1.86. The second-order valence-corrected chi connectivity index (χ2v) is 5.09. The predicted molar refractivity (Wildman–Crippen MR) is 78.5 cm³/mol. The topological polar surface area (TPSA) is 84.1 Å². The number of amides is 1. The molecule has 0 unspecified atom stereocenters. The summed E-state index contributed by atoms with van der Waals surface area (Å²) in [6, 6.07) is 2.31.